The van der Waals surface area contributed by atoms with E-state index in [1.165, 1.54) is 24.3 Å². The summed E-state index contributed by atoms with van der Waals surface area (Å²) in [7, 11) is 0. The van der Waals surface area contributed by atoms with Gasteiger partial charge in [-0.2, -0.15) is 13.2 Å². The Hall–Kier alpha value is -3.32. The molecule has 8 heteroatoms. The first kappa shape index (κ1) is 19.0. The number of phenols is 1. The second-order valence-electron chi connectivity index (χ2n) is 6.33. The van der Waals surface area contributed by atoms with Crippen molar-refractivity contribution in [2.45, 2.75) is 6.18 Å². The average molecular weight is 417 g/mol. The van der Waals surface area contributed by atoms with E-state index >= 15 is 0 Å². The molecule has 0 aliphatic heterocycles. The Morgan fingerprint density at radius 1 is 0.931 bits per heavy atom. The number of rotatable bonds is 2. The monoisotopic (exact) mass is 416 g/mol. The van der Waals surface area contributed by atoms with Crippen LogP contribution in [-0.4, -0.2) is 20.2 Å². The molecule has 0 aliphatic rings. The largest absolute Gasteiger partial charge is 0.507 e. The standard InChI is InChI=1S/C21H12ClF3N2O2/c22-13-5-6-18(28)14(9-13)19(29)10-17-20(21(23,24)25)27-16-8-12-4-2-1-3-11(12)7-15(16)26-17/h1-10,28-29H/b19-10-. The number of phenolic OH excluding ortho intramolecular Hbond substituents is 1. The summed E-state index contributed by atoms with van der Waals surface area (Å²) in [6.45, 7) is 0. The molecule has 0 saturated carbocycles. The van der Waals surface area contributed by atoms with Gasteiger partial charge in [0.1, 0.15) is 11.5 Å². The highest BCUT2D eigenvalue weighted by Gasteiger charge is 2.36. The third-order valence-corrected chi connectivity index (χ3v) is 4.57. The molecule has 1 heterocycles. The van der Waals surface area contributed by atoms with Crippen molar-refractivity contribution in [3.05, 3.63) is 76.6 Å². The average Bonchev–Trinajstić information content (AvgIpc) is 2.67. The van der Waals surface area contributed by atoms with E-state index in [0.29, 0.717) is 0 Å². The molecule has 0 bridgehead atoms. The lowest BCUT2D eigenvalue weighted by Crippen LogP contribution is -2.12. The van der Waals surface area contributed by atoms with Crippen molar-refractivity contribution in [1.82, 2.24) is 9.97 Å². The summed E-state index contributed by atoms with van der Waals surface area (Å²) in [6.07, 6.45) is -3.98. The molecule has 0 atom stereocenters. The normalized spacial score (nSPS) is 12.6. The minimum Gasteiger partial charge on any atom is -0.507 e. The fraction of sp³-hybridized carbons (Fsp3) is 0.0476. The number of aromatic hydroxyl groups is 1. The summed E-state index contributed by atoms with van der Waals surface area (Å²) in [4.78, 5) is 7.83. The molecule has 0 aliphatic carbocycles. The van der Waals surface area contributed by atoms with Crippen LogP contribution in [0, 0.1) is 0 Å². The van der Waals surface area contributed by atoms with Crippen molar-refractivity contribution in [3.63, 3.8) is 0 Å². The fourth-order valence-electron chi connectivity index (χ4n) is 2.99. The predicted molar refractivity (Wildman–Crippen MR) is 106 cm³/mol. The summed E-state index contributed by atoms with van der Waals surface area (Å²) < 4.78 is 40.8. The molecule has 0 fully saturated rings. The minimum absolute atomic E-state index is 0.0817. The number of hydrogen-bond acceptors (Lipinski definition) is 4. The number of aromatic nitrogens is 2. The zero-order valence-electron chi connectivity index (χ0n) is 14.6. The zero-order chi connectivity index (χ0) is 20.8. The molecule has 0 spiro atoms. The van der Waals surface area contributed by atoms with Gasteiger partial charge in [0.15, 0.2) is 5.69 Å². The van der Waals surface area contributed by atoms with Gasteiger partial charge in [-0.05, 0) is 41.1 Å². The molecule has 3 aromatic carbocycles. The number of benzene rings is 3. The summed E-state index contributed by atoms with van der Waals surface area (Å²) in [5, 5.41) is 21.9. The van der Waals surface area contributed by atoms with Crippen LogP contribution in [0.25, 0.3) is 33.6 Å². The first-order valence-corrected chi connectivity index (χ1v) is 8.77. The van der Waals surface area contributed by atoms with Gasteiger partial charge in [0.05, 0.1) is 22.3 Å². The van der Waals surface area contributed by atoms with Crippen molar-refractivity contribution in [2.75, 3.05) is 0 Å². The van der Waals surface area contributed by atoms with Gasteiger partial charge >= 0.3 is 6.18 Å². The molecule has 0 saturated heterocycles. The maximum Gasteiger partial charge on any atom is 0.435 e. The Morgan fingerprint density at radius 3 is 2.17 bits per heavy atom. The molecule has 0 unspecified atom stereocenters. The zero-order valence-corrected chi connectivity index (χ0v) is 15.3. The maximum absolute atomic E-state index is 13.6. The summed E-state index contributed by atoms with van der Waals surface area (Å²) >= 11 is 5.84. The van der Waals surface area contributed by atoms with Gasteiger partial charge in [-0.15, -0.1) is 0 Å². The second kappa shape index (κ2) is 6.93. The van der Waals surface area contributed by atoms with Gasteiger partial charge < -0.3 is 10.2 Å². The van der Waals surface area contributed by atoms with Crippen LogP contribution in [0.15, 0.2) is 54.6 Å². The van der Waals surface area contributed by atoms with Crippen molar-refractivity contribution in [3.8, 4) is 5.75 Å². The Morgan fingerprint density at radius 2 is 1.55 bits per heavy atom. The second-order valence-corrected chi connectivity index (χ2v) is 6.77. The van der Waals surface area contributed by atoms with E-state index in [2.05, 4.69) is 9.97 Å². The van der Waals surface area contributed by atoms with Gasteiger partial charge in [-0.3, -0.25) is 0 Å². The van der Waals surface area contributed by atoms with Crippen LogP contribution in [0.3, 0.4) is 0 Å². The van der Waals surface area contributed by atoms with Crippen LogP contribution in [0.4, 0.5) is 13.2 Å². The number of halogens is 4. The van der Waals surface area contributed by atoms with E-state index in [9.17, 15) is 23.4 Å². The van der Waals surface area contributed by atoms with Crippen LogP contribution in [0.5, 0.6) is 5.75 Å². The molecule has 2 N–H and O–H groups in total. The van der Waals surface area contributed by atoms with E-state index in [4.69, 9.17) is 11.6 Å². The van der Waals surface area contributed by atoms with Crippen LogP contribution >= 0.6 is 11.6 Å². The molecular weight excluding hydrogens is 405 g/mol. The quantitative estimate of drug-likeness (QED) is 0.301. The Labute approximate surface area is 167 Å². The Kier molecular flexibility index (Phi) is 4.55. The van der Waals surface area contributed by atoms with E-state index in [1.54, 1.807) is 24.3 Å². The first-order valence-electron chi connectivity index (χ1n) is 8.40. The van der Waals surface area contributed by atoms with Gasteiger partial charge in [-0.1, -0.05) is 35.9 Å². The van der Waals surface area contributed by atoms with E-state index in [-0.39, 0.29) is 27.4 Å². The van der Waals surface area contributed by atoms with E-state index < -0.39 is 23.3 Å². The third-order valence-electron chi connectivity index (χ3n) is 4.34. The maximum atomic E-state index is 13.6. The van der Waals surface area contributed by atoms with Crippen molar-refractivity contribution < 1.29 is 23.4 Å². The number of fused-ring (bicyclic) bond motifs is 2. The summed E-state index contributed by atoms with van der Waals surface area (Å²) in [5.41, 5.74) is -1.61. The number of aliphatic hydroxyl groups excluding tert-OH is 1. The highest BCUT2D eigenvalue weighted by Crippen LogP contribution is 2.34. The van der Waals surface area contributed by atoms with Crippen LogP contribution < -0.4 is 0 Å². The topological polar surface area (TPSA) is 66.2 Å². The van der Waals surface area contributed by atoms with Gasteiger partial charge in [0, 0.05) is 11.1 Å². The Bertz CT molecular complexity index is 1290. The number of alkyl halides is 3. The molecule has 146 valence electrons. The number of aliphatic hydroxyl groups is 1. The van der Waals surface area contributed by atoms with Gasteiger partial charge in [-0.25, -0.2) is 9.97 Å². The lowest BCUT2D eigenvalue weighted by molar-refractivity contribution is -0.141. The summed E-state index contributed by atoms with van der Waals surface area (Å²) in [5.74, 6) is -0.957. The predicted octanol–water partition coefficient (Wildman–Crippen LogP) is 6.22. The van der Waals surface area contributed by atoms with Crippen LogP contribution in [-0.2, 0) is 6.18 Å². The van der Waals surface area contributed by atoms with Gasteiger partial charge in [0.2, 0.25) is 0 Å². The molecule has 0 radical (unpaired) electrons. The SMILES string of the molecule is O/C(=C\c1nc2cc3ccccc3cc2nc1C(F)(F)F)c1cc(Cl)ccc1O. The smallest absolute Gasteiger partial charge is 0.435 e. The lowest BCUT2D eigenvalue weighted by Gasteiger charge is -2.12. The third kappa shape index (κ3) is 3.69. The minimum atomic E-state index is -4.80. The van der Waals surface area contributed by atoms with Crippen LogP contribution in [0.1, 0.15) is 17.0 Å². The van der Waals surface area contributed by atoms with Crippen molar-refractivity contribution in [2.24, 2.45) is 0 Å². The molecule has 0 amide bonds. The lowest BCUT2D eigenvalue weighted by atomic mass is 10.1. The van der Waals surface area contributed by atoms with Gasteiger partial charge in [0.25, 0.3) is 0 Å². The molecule has 29 heavy (non-hydrogen) atoms. The number of hydrogen-bond donors (Lipinski definition) is 2. The van der Waals surface area contributed by atoms with E-state index in [1.807, 2.05) is 6.07 Å². The van der Waals surface area contributed by atoms with Crippen LogP contribution in [0.2, 0.25) is 5.02 Å². The molecular formula is C21H12ClF3N2O2. The fourth-order valence-corrected chi connectivity index (χ4v) is 3.16. The van der Waals surface area contributed by atoms with E-state index in [0.717, 1.165) is 16.8 Å². The highest BCUT2D eigenvalue weighted by molar-refractivity contribution is 6.30. The summed E-state index contributed by atoms with van der Waals surface area (Å²) in [6, 6.07) is 14.2. The highest BCUT2D eigenvalue weighted by atomic mass is 35.5. The van der Waals surface area contributed by atoms with Crippen molar-refractivity contribution >= 4 is 45.2 Å². The molecule has 1 aromatic heterocycles. The van der Waals surface area contributed by atoms with Crippen molar-refractivity contribution in [1.29, 1.82) is 0 Å². The molecule has 4 aromatic rings. The first-order chi connectivity index (χ1) is 13.7. The number of nitrogens with zero attached hydrogens (tertiary/aromatic N) is 2. The Balaban J connectivity index is 1.96. The molecule has 4 rings (SSSR count). The molecule has 4 nitrogen and oxygen atoms in total.